The normalized spacial score (nSPS) is 12.5. The summed E-state index contributed by atoms with van der Waals surface area (Å²) in [6, 6.07) is 9.61. The Labute approximate surface area is 170 Å². The van der Waals surface area contributed by atoms with Crippen LogP contribution in [0.5, 0.6) is 0 Å². The fourth-order valence-corrected chi connectivity index (χ4v) is 3.41. The number of ether oxygens (including phenoxy) is 1. The van der Waals surface area contributed by atoms with E-state index in [2.05, 4.69) is 30.2 Å². The standard InChI is InChI=1S/C20H17FN8O/c1-30-9-14(27-19-17-18(24-10-23-17)25-11-26-19)20-28-13-6-5-12(21)8-15(13)29(20)16-4-2-3-7-22-16/h2-8,10-11,14H,9H2,1H3,(H2,23,24,25,26,27). The van der Waals surface area contributed by atoms with Crippen LogP contribution in [-0.2, 0) is 4.74 Å². The van der Waals surface area contributed by atoms with Crippen molar-refractivity contribution in [2.75, 3.05) is 19.0 Å². The largest absolute Gasteiger partial charge is 0.382 e. The van der Waals surface area contributed by atoms with E-state index in [9.17, 15) is 4.39 Å². The van der Waals surface area contributed by atoms with Crippen molar-refractivity contribution in [2.24, 2.45) is 0 Å². The van der Waals surface area contributed by atoms with Gasteiger partial charge in [0.05, 0.1) is 24.0 Å². The van der Waals surface area contributed by atoms with E-state index >= 15 is 0 Å². The highest BCUT2D eigenvalue weighted by molar-refractivity contribution is 5.82. The monoisotopic (exact) mass is 404 g/mol. The second-order valence-corrected chi connectivity index (χ2v) is 6.60. The second kappa shape index (κ2) is 7.48. The lowest BCUT2D eigenvalue weighted by Gasteiger charge is -2.19. The smallest absolute Gasteiger partial charge is 0.182 e. The maximum Gasteiger partial charge on any atom is 0.182 e. The van der Waals surface area contributed by atoms with Crippen molar-refractivity contribution in [3.8, 4) is 5.82 Å². The van der Waals surface area contributed by atoms with Gasteiger partial charge in [0.15, 0.2) is 11.5 Å². The number of aromatic nitrogens is 7. The molecule has 0 radical (unpaired) electrons. The zero-order chi connectivity index (χ0) is 20.5. The lowest BCUT2D eigenvalue weighted by molar-refractivity contribution is 0.183. The Hall–Kier alpha value is -3.92. The third kappa shape index (κ3) is 3.12. The Morgan fingerprint density at radius 3 is 2.93 bits per heavy atom. The highest BCUT2D eigenvalue weighted by Crippen LogP contribution is 2.28. The third-order valence-corrected chi connectivity index (χ3v) is 4.70. The van der Waals surface area contributed by atoms with E-state index in [1.165, 1.54) is 18.5 Å². The first-order valence-electron chi connectivity index (χ1n) is 9.23. The number of nitrogens with one attached hydrogen (secondary N) is 2. The van der Waals surface area contributed by atoms with Crippen LogP contribution < -0.4 is 5.32 Å². The topological polar surface area (TPSA) is 106 Å². The van der Waals surface area contributed by atoms with Crippen LogP contribution in [-0.4, -0.2) is 48.2 Å². The van der Waals surface area contributed by atoms with Gasteiger partial charge in [-0.3, -0.25) is 4.57 Å². The molecule has 1 unspecified atom stereocenters. The quantitative estimate of drug-likeness (QED) is 0.448. The third-order valence-electron chi connectivity index (χ3n) is 4.70. The lowest BCUT2D eigenvalue weighted by atomic mass is 10.2. The van der Waals surface area contributed by atoms with Gasteiger partial charge >= 0.3 is 0 Å². The number of aromatic amines is 1. The SMILES string of the molecule is COCC(Nc1ncnc2nc[nH]c12)c1nc2ccc(F)cc2n1-c1ccccn1. The van der Waals surface area contributed by atoms with Gasteiger partial charge in [-0.15, -0.1) is 0 Å². The molecule has 0 bridgehead atoms. The zero-order valence-corrected chi connectivity index (χ0v) is 16.0. The van der Waals surface area contributed by atoms with Crippen molar-refractivity contribution in [3.05, 3.63) is 66.9 Å². The molecule has 1 aromatic carbocycles. The summed E-state index contributed by atoms with van der Waals surface area (Å²) < 4.78 is 21.3. The molecule has 0 aliphatic carbocycles. The molecule has 0 aliphatic rings. The first-order valence-corrected chi connectivity index (χ1v) is 9.23. The van der Waals surface area contributed by atoms with E-state index in [1.807, 2.05) is 22.8 Å². The minimum atomic E-state index is -0.408. The van der Waals surface area contributed by atoms with Crippen molar-refractivity contribution < 1.29 is 9.13 Å². The summed E-state index contributed by atoms with van der Waals surface area (Å²) in [6.45, 7) is 0.290. The average molecular weight is 404 g/mol. The number of halogens is 1. The predicted molar refractivity (Wildman–Crippen MR) is 109 cm³/mol. The molecule has 4 heterocycles. The number of pyridine rings is 1. The van der Waals surface area contributed by atoms with Crippen molar-refractivity contribution in [2.45, 2.75) is 6.04 Å². The van der Waals surface area contributed by atoms with Crippen LogP contribution in [0.4, 0.5) is 10.2 Å². The highest BCUT2D eigenvalue weighted by atomic mass is 19.1. The minimum absolute atomic E-state index is 0.290. The molecule has 0 saturated heterocycles. The van der Waals surface area contributed by atoms with E-state index in [-0.39, 0.29) is 12.4 Å². The highest BCUT2D eigenvalue weighted by Gasteiger charge is 2.24. The van der Waals surface area contributed by atoms with Gasteiger partial charge in [-0.05, 0) is 24.3 Å². The zero-order valence-electron chi connectivity index (χ0n) is 16.0. The summed E-state index contributed by atoms with van der Waals surface area (Å²) in [5, 5.41) is 3.36. The van der Waals surface area contributed by atoms with E-state index in [1.54, 1.807) is 25.7 Å². The number of anilines is 1. The molecular formula is C20H17FN8O. The van der Waals surface area contributed by atoms with Crippen LogP contribution in [0.3, 0.4) is 0 Å². The Bertz CT molecular complexity index is 1320. The minimum Gasteiger partial charge on any atom is -0.382 e. The molecule has 5 rings (SSSR count). The number of hydrogen-bond acceptors (Lipinski definition) is 7. The molecule has 0 saturated carbocycles. The number of hydrogen-bond donors (Lipinski definition) is 2. The molecule has 5 aromatic rings. The molecule has 0 fully saturated rings. The van der Waals surface area contributed by atoms with Gasteiger partial charge in [0.1, 0.15) is 35.3 Å². The molecule has 9 nitrogen and oxygen atoms in total. The Morgan fingerprint density at radius 2 is 2.10 bits per heavy atom. The van der Waals surface area contributed by atoms with Crippen molar-refractivity contribution in [1.29, 1.82) is 0 Å². The summed E-state index contributed by atoms with van der Waals surface area (Å²) in [7, 11) is 1.61. The molecule has 0 spiro atoms. The Morgan fingerprint density at radius 1 is 1.17 bits per heavy atom. The second-order valence-electron chi connectivity index (χ2n) is 6.60. The molecule has 30 heavy (non-hydrogen) atoms. The van der Waals surface area contributed by atoms with Crippen LogP contribution >= 0.6 is 0 Å². The van der Waals surface area contributed by atoms with Gasteiger partial charge in [0, 0.05) is 19.4 Å². The van der Waals surface area contributed by atoms with Gasteiger partial charge in [-0.25, -0.2) is 29.3 Å². The summed E-state index contributed by atoms with van der Waals surface area (Å²) in [5.41, 5.74) is 2.48. The summed E-state index contributed by atoms with van der Waals surface area (Å²) in [6.07, 6.45) is 4.68. The van der Waals surface area contributed by atoms with Crippen LogP contribution in [0.1, 0.15) is 11.9 Å². The fourth-order valence-electron chi connectivity index (χ4n) is 3.41. The van der Waals surface area contributed by atoms with Crippen molar-refractivity contribution in [3.63, 3.8) is 0 Å². The molecule has 1 atom stereocenters. The van der Waals surface area contributed by atoms with Gasteiger partial charge in [0.25, 0.3) is 0 Å². The number of fused-ring (bicyclic) bond motifs is 2. The van der Waals surface area contributed by atoms with Gasteiger partial charge in [0.2, 0.25) is 0 Å². The van der Waals surface area contributed by atoms with Gasteiger partial charge in [-0.2, -0.15) is 0 Å². The van der Waals surface area contributed by atoms with Crippen LogP contribution in [0.2, 0.25) is 0 Å². The van der Waals surface area contributed by atoms with Gasteiger partial charge in [-0.1, -0.05) is 6.07 Å². The molecule has 4 aromatic heterocycles. The van der Waals surface area contributed by atoms with Crippen LogP contribution in [0.25, 0.3) is 28.0 Å². The Balaban J connectivity index is 1.68. The number of rotatable bonds is 6. The molecule has 10 heteroatoms. The molecule has 0 amide bonds. The summed E-state index contributed by atoms with van der Waals surface area (Å²) in [4.78, 5) is 24.9. The van der Waals surface area contributed by atoms with Crippen LogP contribution in [0, 0.1) is 5.82 Å². The Kier molecular flexibility index (Phi) is 4.52. The van der Waals surface area contributed by atoms with Crippen LogP contribution in [0.15, 0.2) is 55.2 Å². The molecule has 2 N–H and O–H groups in total. The fraction of sp³-hybridized carbons (Fsp3) is 0.150. The number of methoxy groups -OCH3 is 1. The summed E-state index contributed by atoms with van der Waals surface area (Å²) in [5.74, 6) is 1.45. The lowest BCUT2D eigenvalue weighted by Crippen LogP contribution is -2.21. The maximum atomic E-state index is 14.0. The van der Waals surface area contributed by atoms with Crippen molar-refractivity contribution in [1.82, 2.24) is 34.5 Å². The molecule has 0 aliphatic heterocycles. The first kappa shape index (κ1) is 18.1. The number of nitrogens with zero attached hydrogens (tertiary/aromatic N) is 6. The summed E-state index contributed by atoms with van der Waals surface area (Å²) >= 11 is 0. The molecular weight excluding hydrogens is 387 g/mol. The predicted octanol–water partition coefficient (Wildman–Crippen LogP) is 3.03. The number of benzene rings is 1. The van der Waals surface area contributed by atoms with E-state index in [0.717, 1.165) is 0 Å². The van der Waals surface area contributed by atoms with Gasteiger partial charge < -0.3 is 15.0 Å². The molecule has 150 valence electrons. The number of imidazole rings is 2. The van der Waals surface area contributed by atoms with E-state index < -0.39 is 6.04 Å². The number of H-pyrrole nitrogens is 1. The van der Waals surface area contributed by atoms with E-state index in [0.29, 0.717) is 39.7 Å². The van der Waals surface area contributed by atoms with Crippen molar-refractivity contribution >= 4 is 28.0 Å². The average Bonchev–Trinajstić information content (AvgIpc) is 3.39. The maximum absolute atomic E-state index is 14.0. The van der Waals surface area contributed by atoms with E-state index in [4.69, 9.17) is 9.72 Å². The first-order chi connectivity index (χ1) is 14.7.